The molecule has 3 aromatic rings. The van der Waals surface area contributed by atoms with E-state index in [4.69, 9.17) is 9.15 Å². The highest BCUT2D eigenvalue weighted by atomic mass is 19.1. The zero-order valence-corrected chi connectivity index (χ0v) is 12.9. The number of benzene rings is 2. The Balaban J connectivity index is 1.92. The minimum atomic E-state index is -0.975. The predicted molar refractivity (Wildman–Crippen MR) is 84.7 cm³/mol. The maximum atomic E-state index is 13.3. The van der Waals surface area contributed by atoms with Crippen molar-refractivity contribution >= 4 is 11.7 Å². The molecule has 0 N–H and O–H groups in total. The topological polar surface area (TPSA) is 95.5 Å². The second-order valence-electron chi connectivity index (χ2n) is 5.05. The number of nitro groups is 1. The van der Waals surface area contributed by atoms with Gasteiger partial charge < -0.3 is 9.15 Å². The Morgan fingerprint density at radius 2 is 1.96 bits per heavy atom. The number of hydrogen-bond donors (Lipinski definition) is 0. The molecule has 0 atom stereocenters. The Morgan fingerprint density at radius 1 is 1.24 bits per heavy atom. The maximum absolute atomic E-state index is 13.3. The molecule has 0 radical (unpaired) electrons. The van der Waals surface area contributed by atoms with Crippen LogP contribution in [0.5, 0.6) is 5.75 Å². The number of nitro benzene ring substituents is 1. The average Bonchev–Trinajstić information content (AvgIpc) is 2.97. The van der Waals surface area contributed by atoms with E-state index in [0.29, 0.717) is 5.56 Å². The van der Waals surface area contributed by atoms with Crippen LogP contribution >= 0.6 is 0 Å². The third kappa shape index (κ3) is 3.37. The van der Waals surface area contributed by atoms with Crippen molar-refractivity contribution in [1.29, 1.82) is 0 Å². The van der Waals surface area contributed by atoms with E-state index < -0.39 is 28.1 Å². The van der Waals surface area contributed by atoms with E-state index in [9.17, 15) is 19.3 Å². The summed E-state index contributed by atoms with van der Waals surface area (Å²) < 4.78 is 23.7. The highest BCUT2D eigenvalue weighted by molar-refractivity contribution is 5.91. The number of aromatic nitrogens is 1. The fraction of sp³-hybridized carbons (Fsp3) is 0.0588. The molecule has 0 saturated heterocycles. The van der Waals surface area contributed by atoms with Crippen LogP contribution in [0.4, 0.5) is 10.1 Å². The van der Waals surface area contributed by atoms with Gasteiger partial charge in [0.2, 0.25) is 11.6 Å². The molecule has 0 amide bonds. The van der Waals surface area contributed by atoms with Crippen LogP contribution in [0, 0.1) is 22.9 Å². The summed E-state index contributed by atoms with van der Waals surface area (Å²) in [6, 6.07) is 11.5. The summed E-state index contributed by atoms with van der Waals surface area (Å²) in [6.07, 6.45) is 0. The molecule has 126 valence electrons. The molecule has 2 aromatic carbocycles. The predicted octanol–water partition coefficient (Wildman–Crippen LogP) is 3.92. The average molecular weight is 342 g/mol. The first-order valence-corrected chi connectivity index (χ1v) is 7.14. The van der Waals surface area contributed by atoms with Crippen LogP contribution < -0.4 is 4.74 Å². The largest absolute Gasteiger partial charge is 0.441 e. The second kappa shape index (κ2) is 6.52. The lowest BCUT2D eigenvalue weighted by Crippen LogP contribution is -2.11. The standard InChI is InChI=1S/C17H11FN2O5/c1-10-15(19-16(24-10)11-5-3-2-4-6-11)17(21)25-14-9-12(18)7-8-13(14)20(22)23/h2-9H,1H3. The number of rotatable bonds is 4. The van der Waals surface area contributed by atoms with Gasteiger partial charge >= 0.3 is 11.7 Å². The Morgan fingerprint density at radius 3 is 2.64 bits per heavy atom. The van der Waals surface area contributed by atoms with Crippen LogP contribution in [-0.4, -0.2) is 15.9 Å². The molecule has 0 bridgehead atoms. The monoisotopic (exact) mass is 342 g/mol. The second-order valence-corrected chi connectivity index (χ2v) is 5.05. The molecule has 0 saturated carbocycles. The van der Waals surface area contributed by atoms with Crippen molar-refractivity contribution in [2.75, 3.05) is 0 Å². The number of aryl methyl sites for hydroxylation is 1. The number of carbonyl (C=O) groups excluding carboxylic acids is 1. The van der Waals surface area contributed by atoms with Crippen molar-refractivity contribution in [2.24, 2.45) is 0 Å². The molecule has 0 aliphatic heterocycles. The van der Waals surface area contributed by atoms with Crippen molar-refractivity contribution in [3.8, 4) is 17.2 Å². The van der Waals surface area contributed by atoms with Gasteiger partial charge in [-0.05, 0) is 25.1 Å². The summed E-state index contributed by atoms with van der Waals surface area (Å²) in [5.41, 5.74) is -0.0158. The van der Waals surface area contributed by atoms with Crippen LogP contribution in [0.1, 0.15) is 16.2 Å². The third-order valence-electron chi connectivity index (χ3n) is 3.33. The fourth-order valence-electron chi connectivity index (χ4n) is 2.16. The first kappa shape index (κ1) is 16.3. The van der Waals surface area contributed by atoms with E-state index in [-0.39, 0.29) is 17.3 Å². The van der Waals surface area contributed by atoms with Gasteiger partial charge in [0.05, 0.1) is 4.92 Å². The third-order valence-corrected chi connectivity index (χ3v) is 3.33. The van der Waals surface area contributed by atoms with E-state index >= 15 is 0 Å². The van der Waals surface area contributed by atoms with Gasteiger partial charge in [-0.15, -0.1) is 0 Å². The minimum Gasteiger partial charge on any atom is -0.441 e. The molecular weight excluding hydrogens is 331 g/mol. The molecule has 1 heterocycles. The molecule has 0 aliphatic rings. The highest BCUT2D eigenvalue weighted by Gasteiger charge is 2.24. The van der Waals surface area contributed by atoms with E-state index in [1.165, 1.54) is 6.92 Å². The Hall–Kier alpha value is -3.55. The molecule has 25 heavy (non-hydrogen) atoms. The van der Waals surface area contributed by atoms with Crippen LogP contribution in [0.3, 0.4) is 0 Å². The Labute approximate surface area is 140 Å². The highest BCUT2D eigenvalue weighted by Crippen LogP contribution is 2.29. The van der Waals surface area contributed by atoms with Gasteiger partial charge in [0, 0.05) is 17.7 Å². The van der Waals surface area contributed by atoms with E-state index in [1.807, 2.05) is 6.07 Å². The molecule has 3 rings (SSSR count). The van der Waals surface area contributed by atoms with E-state index in [1.54, 1.807) is 24.3 Å². The number of ether oxygens (including phenoxy) is 1. The van der Waals surface area contributed by atoms with Gasteiger partial charge in [-0.25, -0.2) is 14.2 Å². The molecular formula is C17H11FN2O5. The van der Waals surface area contributed by atoms with Gasteiger partial charge in [0.15, 0.2) is 5.69 Å². The van der Waals surface area contributed by atoms with Gasteiger partial charge in [-0.1, -0.05) is 18.2 Å². The van der Waals surface area contributed by atoms with Crippen molar-refractivity contribution < 1.29 is 23.3 Å². The van der Waals surface area contributed by atoms with Crippen LogP contribution in [0.25, 0.3) is 11.5 Å². The Bertz CT molecular complexity index is 953. The molecule has 0 unspecified atom stereocenters. The summed E-state index contributed by atoms with van der Waals surface area (Å²) >= 11 is 0. The van der Waals surface area contributed by atoms with Crippen molar-refractivity contribution in [3.63, 3.8) is 0 Å². The smallest absolute Gasteiger partial charge is 0.366 e. The lowest BCUT2D eigenvalue weighted by Gasteiger charge is -2.03. The number of carbonyl (C=O) groups is 1. The summed E-state index contributed by atoms with van der Waals surface area (Å²) in [5.74, 6) is -1.85. The normalized spacial score (nSPS) is 10.5. The number of halogens is 1. The first-order chi connectivity index (χ1) is 12.0. The fourth-order valence-corrected chi connectivity index (χ4v) is 2.16. The number of nitrogens with zero attached hydrogens (tertiary/aromatic N) is 2. The first-order valence-electron chi connectivity index (χ1n) is 7.14. The van der Waals surface area contributed by atoms with Gasteiger partial charge in [-0.3, -0.25) is 10.1 Å². The molecule has 0 fully saturated rings. The van der Waals surface area contributed by atoms with Crippen LogP contribution in [-0.2, 0) is 0 Å². The van der Waals surface area contributed by atoms with Crippen molar-refractivity contribution in [1.82, 2.24) is 4.98 Å². The van der Waals surface area contributed by atoms with Crippen molar-refractivity contribution in [3.05, 3.63) is 75.9 Å². The number of hydrogen-bond acceptors (Lipinski definition) is 6. The molecule has 0 spiro atoms. The van der Waals surface area contributed by atoms with Gasteiger partial charge in [0.1, 0.15) is 11.6 Å². The SMILES string of the molecule is Cc1oc(-c2ccccc2)nc1C(=O)Oc1cc(F)ccc1[N+](=O)[O-]. The number of oxazole rings is 1. The minimum absolute atomic E-state index is 0.141. The zero-order valence-electron chi connectivity index (χ0n) is 12.9. The summed E-state index contributed by atoms with van der Waals surface area (Å²) in [4.78, 5) is 26.5. The van der Waals surface area contributed by atoms with E-state index in [2.05, 4.69) is 4.98 Å². The summed E-state index contributed by atoms with van der Waals surface area (Å²) in [5, 5.41) is 11.0. The van der Waals surface area contributed by atoms with Crippen molar-refractivity contribution in [2.45, 2.75) is 6.92 Å². The summed E-state index contributed by atoms with van der Waals surface area (Å²) in [6.45, 7) is 1.51. The zero-order chi connectivity index (χ0) is 18.0. The van der Waals surface area contributed by atoms with Crippen LogP contribution in [0.2, 0.25) is 0 Å². The quantitative estimate of drug-likeness (QED) is 0.309. The summed E-state index contributed by atoms with van der Waals surface area (Å²) in [7, 11) is 0. The van der Waals surface area contributed by atoms with E-state index in [0.717, 1.165) is 18.2 Å². The van der Waals surface area contributed by atoms with Crippen LogP contribution in [0.15, 0.2) is 52.9 Å². The molecule has 8 heteroatoms. The molecule has 7 nitrogen and oxygen atoms in total. The Kier molecular flexibility index (Phi) is 4.25. The number of esters is 1. The maximum Gasteiger partial charge on any atom is 0.366 e. The van der Waals surface area contributed by atoms with Gasteiger partial charge in [-0.2, -0.15) is 0 Å². The lowest BCUT2D eigenvalue weighted by molar-refractivity contribution is -0.385. The lowest BCUT2D eigenvalue weighted by atomic mass is 10.2. The molecule has 1 aromatic heterocycles. The van der Waals surface area contributed by atoms with Gasteiger partial charge in [0.25, 0.3) is 0 Å². The molecule has 0 aliphatic carbocycles.